The lowest BCUT2D eigenvalue weighted by Crippen LogP contribution is -2.08. The Bertz CT molecular complexity index is 777. The summed E-state index contributed by atoms with van der Waals surface area (Å²) in [5.74, 6) is 2.06. The van der Waals surface area contributed by atoms with Gasteiger partial charge in [-0.3, -0.25) is 0 Å². The Balaban J connectivity index is 1.98. The number of hydrogen-bond donors (Lipinski definition) is 0. The summed E-state index contributed by atoms with van der Waals surface area (Å²) in [7, 11) is 0. The highest BCUT2D eigenvalue weighted by Crippen LogP contribution is 2.24. The van der Waals surface area contributed by atoms with Crippen LogP contribution in [-0.2, 0) is 13.0 Å². The third kappa shape index (κ3) is 2.76. The molecule has 1 unspecified atom stereocenters. The summed E-state index contributed by atoms with van der Waals surface area (Å²) < 4.78 is 7.02. The molecule has 6 nitrogen and oxygen atoms in total. The van der Waals surface area contributed by atoms with Crippen molar-refractivity contribution < 1.29 is 4.52 Å². The van der Waals surface area contributed by atoms with Crippen LogP contribution in [-0.4, -0.2) is 24.7 Å². The molecule has 0 bridgehead atoms. The van der Waals surface area contributed by atoms with Crippen molar-refractivity contribution in [3.8, 4) is 0 Å². The number of rotatable bonds is 4. The largest absolute Gasteiger partial charge is 0.340 e. The summed E-state index contributed by atoms with van der Waals surface area (Å²) in [6.45, 7) is 6.31. The Kier molecular flexibility index (Phi) is 3.63. The predicted molar refractivity (Wildman–Crippen MR) is 79.3 cm³/mol. The first-order valence-electron chi connectivity index (χ1n) is 6.81. The Labute approximate surface area is 127 Å². The van der Waals surface area contributed by atoms with Gasteiger partial charge in [-0.1, -0.05) is 5.16 Å². The van der Waals surface area contributed by atoms with Gasteiger partial charge in [0, 0.05) is 25.6 Å². The van der Waals surface area contributed by atoms with Crippen LogP contribution in [0.3, 0.4) is 0 Å². The molecule has 0 aliphatic heterocycles. The van der Waals surface area contributed by atoms with Crippen LogP contribution in [0.15, 0.2) is 16.7 Å². The fourth-order valence-corrected chi connectivity index (χ4v) is 2.46. The maximum Gasteiger partial charge on any atom is 0.223 e. The monoisotopic (exact) mass is 305 g/mol. The number of aryl methyl sites for hydroxylation is 4. The fourth-order valence-electron chi connectivity index (χ4n) is 2.29. The zero-order valence-electron chi connectivity index (χ0n) is 12.2. The van der Waals surface area contributed by atoms with Gasteiger partial charge in [-0.15, -0.1) is 11.6 Å². The average molecular weight is 306 g/mol. The first-order valence-corrected chi connectivity index (χ1v) is 7.25. The SMILES string of the molecule is Cc1ccc2nc(C(C)Cl)n(CCc3noc(C)n3)c2n1. The Hall–Kier alpha value is -1.95. The van der Waals surface area contributed by atoms with E-state index >= 15 is 0 Å². The average Bonchev–Trinajstić information content (AvgIpc) is 3.00. The van der Waals surface area contributed by atoms with E-state index in [-0.39, 0.29) is 5.38 Å². The number of alkyl halides is 1. The molecule has 0 spiro atoms. The molecule has 1 atom stereocenters. The van der Waals surface area contributed by atoms with E-state index in [4.69, 9.17) is 16.1 Å². The Morgan fingerprint density at radius 3 is 2.71 bits per heavy atom. The van der Waals surface area contributed by atoms with Crippen LogP contribution in [0.1, 0.15) is 35.5 Å². The van der Waals surface area contributed by atoms with Gasteiger partial charge in [0.2, 0.25) is 5.89 Å². The van der Waals surface area contributed by atoms with Crippen molar-refractivity contribution in [1.29, 1.82) is 0 Å². The second kappa shape index (κ2) is 5.44. The maximum absolute atomic E-state index is 6.24. The Morgan fingerprint density at radius 2 is 2.05 bits per heavy atom. The van der Waals surface area contributed by atoms with Crippen LogP contribution >= 0.6 is 11.6 Å². The molecule has 0 N–H and O–H groups in total. The quantitative estimate of drug-likeness (QED) is 0.693. The van der Waals surface area contributed by atoms with Crippen LogP contribution in [0.25, 0.3) is 11.2 Å². The van der Waals surface area contributed by atoms with Gasteiger partial charge in [-0.2, -0.15) is 4.98 Å². The number of nitrogens with zero attached hydrogens (tertiary/aromatic N) is 5. The van der Waals surface area contributed by atoms with E-state index in [0.29, 0.717) is 24.7 Å². The zero-order valence-corrected chi connectivity index (χ0v) is 12.9. The van der Waals surface area contributed by atoms with E-state index in [1.54, 1.807) is 6.92 Å². The highest BCUT2D eigenvalue weighted by atomic mass is 35.5. The summed E-state index contributed by atoms with van der Waals surface area (Å²) in [5.41, 5.74) is 2.65. The van der Waals surface area contributed by atoms with Crippen molar-refractivity contribution in [2.75, 3.05) is 0 Å². The maximum atomic E-state index is 6.24. The molecule has 7 heteroatoms. The van der Waals surface area contributed by atoms with Crippen LogP contribution in [0.5, 0.6) is 0 Å². The molecule has 21 heavy (non-hydrogen) atoms. The number of imidazole rings is 1. The molecule has 0 saturated heterocycles. The van der Waals surface area contributed by atoms with Crippen molar-refractivity contribution in [3.05, 3.63) is 35.4 Å². The first kappa shape index (κ1) is 14.0. The molecule has 3 aromatic heterocycles. The molecule has 0 fully saturated rings. The van der Waals surface area contributed by atoms with E-state index in [2.05, 4.69) is 20.1 Å². The Morgan fingerprint density at radius 1 is 1.24 bits per heavy atom. The predicted octanol–water partition coefficient (Wildman–Crippen LogP) is 2.97. The third-order valence-electron chi connectivity index (χ3n) is 3.25. The summed E-state index contributed by atoms with van der Waals surface area (Å²) in [6, 6.07) is 3.92. The summed E-state index contributed by atoms with van der Waals surface area (Å²) in [5, 5.41) is 3.73. The van der Waals surface area contributed by atoms with Gasteiger partial charge in [-0.25, -0.2) is 9.97 Å². The minimum atomic E-state index is -0.188. The van der Waals surface area contributed by atoms with E-state index in [0.717, 1.165) is 22.7 Å². The lowest BCUT2D eigenvalue weighted by Gasteiger charge is -2.08. The summed E-state index contributed by atoms with van der Waals surface area (Å²) in [6.07, 6.45) is 0.648. The standard InChI is InChI=1S/C14H16ClN5O/c1-8-4-5-11-14(16-8)20(13(18-11)9(2)15)7-6-12-17-10(3)21-19-12/h4-5,9H,6-7H2,1-3H3. The van der Waals surface area contributed by atoms with Crippen LogP contribution in [0, 0.1) is 13.8 Å². The second-order valence-electron chi connectivity index (χ2n) is 5.01. The van der Waals surface area contributed by atoms with Gasteiger partial charge in [0.1, 0.15) is 11.3 Å². The van der Waals surface area contributed by atoms with E-state index < -0.39 is 0 Å². The minimum Gasteiger partial charge on any atom is -0.340 e. The van der Waals surface area contributed by atoms with Crippen LogP contribution in [0.2, 0.25) is 0 Å². The lowest BCUT2D eigenvalue weighted by atomic mass is 10.3. The third-order valence-corrected chi connectivity index (χ3v) is 3.44. The topological polar surface area (TPSA) is 69.6 Å². The van der Waals surface area contributed by atoms with Crippen LogP contribution in [0.4, 0.5) is 0 Å². The molecular formula is C14H16ClN5O. The lowest BCUT2D eigenvalue weighted by molar-refractivity contribution is 0.386. The minimum absolute atomic E-state index is 0.188. The zero-order chi connectivity index (χ0) is 15.0. The van der Waals surface area contributed by atoms with Crippen molar-refractivity contribution in [1.82, 2.24) is 24.7 Å². The first-order chi connectivity index (χ1) is 10.0. The number of pyridine rings is 1. The van der Waals surface area contributed by atoms with Gasteiger partial charge < -0.3 is 9.09 Å². The molecule has 3 rings (SSSR count). The number of fused-ring (bicyclic) bond motifs is 1. The molecule has 0 saturated carbocycles. The summed E-state index contributed by atoms with van der Waals surface area (Å²) >= 11 is 6.24. The molecule has 0 aliphatic carbocycles. The second-order valence-corrected chi connectivity index (χ2v) is 5.67. The van der Waals surface area contributed by atoms with Crippen molar-refractivity contribution >= 4 is 22.8 Å². The smallest absolute Gasteiger partial charge is 0.223 e. The summed E-state index contributed by atoms with van der Waals surface area (Å²) in [4.78, 5) is 13.4. The number of hydrogen-bond acceptors (Lipinski definition) is 5. The van der Waals surface area contributed by atoms with Crippen LogP contribution < -0.4 is 0 Å². The molecule has 3 aromatic rings. The molecule has 0 radical (unpaired) electrons. The molecule has 110 valence electrons. The molecular weight excluding hydrogens is 290 g/mol. The van der Waals surface area contributed by atoms with Crippen molar-refractivity contribution in [2.45, 2.75) is 39.1 Å². The highest BCUT2D eigenvalue weighted by molar-refractivity contribution is 6.20. The molecule has 0 amide bonds. The number of aromatic nitrogens is 5. The van der Waals surface area contributed by atoms with E-state index in [1.807, 2.05) is 30.5 Å². The molecule has 0 aliphatic rings. The molecule has 0 aromatic carbocycles. The van der Waals surface area contributed by atoms with E-state index in [9.17, 15) is 0 Å². The van der Waals surface area contributed by atoms with Crippen molar-refractivity contribution in [3.63, 3.8) is 0 Å². The normalized spacial score (nSPS) is 13.0. The molecule has 3 heterocycles. The highest BCUT2D eigenvalue weighted by Gasteiger charge is 2.16. The fraction of sp³-hybridized carbons (Fsp3) is 0.429. The number of halogens is 1. The van der Waals surface area contributed by atoms with Crippen molar-refractivity contribution in [2.24, 2.45) is 0 Å². The van der Waals surface area contributed by atoms with Gasteiger partial charge in [0.25, 0.3) is 0 Å². The van der Waals surface area contributed by atoms with E-state index in [1.165, 1.54) is 0 Å². The van der Waals surface area contributed by atoms with Gasteiger partial charge in [0.05, 0.1) is 5.38 Å². The van der Waals surface area contributed by atoms with Gasteiger partial charge in [-0.05, 0) is 26.0 Å². The van der Waals surface area contributed by atoms with Gasteiger partial charge >= 0.3 is 0 Å². The van der Waals surface area contributed by atoms with Gasteiger partial charge in [0.15, 0.2) is 11.5 Å².